The molecule has 130 valence electrons. The van der Waals surface area contributed by atoms with Crippen LogP contribution in [0.2, 0.25) is 0 Å². The molecule has 1 aromatic heterocycles. The molecule has 0 saturated carbocycles. The number of nitrogens with zero attached hydrogens (tertiary/aromatic N) is 1. The van der Waals surface area contributed by atoms with Crippen LogP contribution in [0, 0.1) is 0 Å². The van der Waals surface area contributed by atoms with Gasteiger partial charge in [-0.3, -0.25) is 9.79 Å². The number of nitrogens with one attached hydrogen (secondary N) is 1. The van der Waals surface area contributed by atoms with Crippen molar-refractivity contribution >= 4 is 28.9 Å². The van der Waals surface area contributed by atoms with Gasteiger partial charge in [0.1, 0.15) is 16.9 Å². The summed E-state index contributed by atoms with van der Waals surface area (Å²) in [5.74, 6) is -2.32. The standard InChI is InChI=1S/C16H15N3O6/c1-7(18-9-3-5-10(6-4-9)19-16(17)24)11-13(21)12(8(2)20)15(23)25-14(11)22/h3-6,21,23H,1-2H3,(H3,17,19,24). The summed E-state index contributed by atoms with van der Waals surface area (Å²) >= 11 is 0. The molecule has 0 atom stereocenters. The number of rotatable bonds is 4. The van der Waals surface area contributed by atoms with Gasteiger partial charge in [0.2, 0.25) is 0 Å². The van der Waals surface area contributed by atoms with Gasteiger partial charge >= 0.3 is 11.7 Å². The molecule has 0 radical (unpaired) electrons. The van der Waals surface area contributed by atoms with E-state index in [0.717, 1.165) is 6.92 Å². The Morgan fingerprint density at radius 1 is 1.12 bits per heavy atom. The summed E-state index contributed by atoms with van der Waals surface area (Å²) in [7, 11) is 0. The van der Waals surface area contributed by atoms with E-state index in [2.05, 4.69) is 14.7 Å². The maximum Gasteiger partial charge on any atom is 0.351 e. The minimum atomic E-state index is -1.03. The normalized spacial score (nSPS) is 11.2. The largest absolute Gasteiger partial charge is 0.506 e. The Bertz CT molecular complexity index is 928. The molecule has 0 bridgehead atoms. The quantitative estimate of drug-likeness (QED) is 0.490. The van der Waals surface area contributed by atoms with Gasteiger partial charge < -0.3 is 25.7 Å². The van der Waals surface area contributed by atoms with Crippen molar-refractivity contribution in [3.63, 3.8) is 0 Å². The van der Waals surface area contributed by atoms with E-state index in [4.69, 9.17) is 5.73 Å². The number of hydrogen-bond donors (Lipinski definition) is 4. The lowest BCUT2D eigenvalue weighted by atomic mass is 10.1. The highest BCUT2D eigenvalue weighted by Gasteiger charge is 2.23. The van der Waals surface area contributed by atoms with Crippen molar-refractivity contribution in [2.24, 2.45) is 10.7 Å². The zero-order valence-corrected chi connectivity index (χ0v) is 13.4. The highest BCUT2D eigenvalue weighted by molar-refractivity contribution is 6.07. The predicted octanol–water partition coefficient (Wildman–Crippen LogP) is 1.88. The number of anilines is 1. The van der Waals surface area contributed by atoms with E-state index in [0.29, 0.717) is 11.4 Å². The Labute approximate surface area is 141 Å². The van der Waals surface area contributed by atoms with E-state index in [9.17, 15) is 24.6 Å². The molecule has 5 N–H and O–H groups in total. The molecule has 1 heterocycles. The third-order valence-electron chi connectivity index (χ3n) is 3.23. The van der Waals surface area contributed by atoms with Crippen LogP contribution in [0.4, 0.5) is 16.2 Å². The zero-order valence-electron chi connectivity index (χ0n) is 13.4. The van der Waals surface area contributed by atoms with Crippen molar-refractivity contribution < 1.29 is 24.2 Å². The van der Waals surface area contributed by atoms with Gasteiger partial charge in [-0.2, -0.15) is 0 Å². The Kier molecular flexibility index (Phi) is 4.87. The van der Waals surface area contributed by atoms with Gasteiger partial charge in [0.05, 0.1) is 11.4 Å². The average molecular weight is 345 g/mol. The minimum Gasteiger partial charge on any atom is -0.506 e. The van der Waals surface area contributed by atoms with E-state index in [-0.39, 0.29) is 11.3 Å². The number of benzene rings is 1. The molecule has 1 aromatic carbocycles. The number of ketones is 1. The third-order valence-corrected chi connectivity index (χ3v) is 3.23. The molecule has 0 unspecified atom stereocenters. The first-order valence-corrected chi connectivity index (χ1v) is 7.03. The number of aliphatic imine (C=N–C) groups is 1. The first-order chi connectivity index (χ1) is 11.7. The van der Waals surface area contributed by atoms with Crippen LogP contribution in [0.25, 0.3) is 0 Å². The molecule has 9 nitrogen and oxygen atoms in total. The van der Waals surface area contributed by atoms with Gasteiger partial charge in [0.15, 0.2) is 5.78 Å². The van der Waals surface area contributed by atoms with Crippen LogP contribution in [0.5, 0.6) is 11.7 Å². The number of hydrogen-bond acceptors (Lipinski definition) is 7. The lowest BCUT2D eigenvalue weighted by molar-refractivity contribution is 0.100. The van der Waals surface area contributed by atoms with Gasteiger partial charge in [0.25, 0.3) is 5.95 Å². The molecule has 0 spiro atoms. The first kappa shape index (κ1) is 17.7. The minimum absolute atomic E-state index is 0.0735. The Morgan fingerprint density at radius 3 is 2.24 bits per heavy atom. The summed E-state index contributed by atoms with van der Waals surface area (Å²) in [6.07, 6.45) is 0. The van der Waals surface area contributed by atoms with E-state index < -0.39 is 34.7 Å². The van der Waals surface area contributed by atoms with E-state index in [1.807, 2.05) is 0 Å². The van der Waals surface area contributed by atoms with Crippen LogP contribution in [0.1, 0.15) is 29.8 Å². The maximum atomic E-state index is 11.9. The van der Waals surface area contributed by atoms with Crippen LogP contribution in [0.3, 0.4) is 0 Å². The van der Waals surface area contributed by atoms with E-state index >= 15 is 0 Å². The zero-order chi connectivity index (χ0) is 18.7. The topological polar surface area (TPSA) is 155 Å². The van der Waals surface area contributed by atoms with Crippen LogP contribution < -0.4 is 16.7 Å². The fraction of sp³-hybridized carbons (Fsp3) is 0.125. The summed E-state index contributed by atoms with van der Waals surface area (Å²) in [5, 5.41) is 22.0. The molecule has 2 aromatic rings. The first-order valence-electron chi connectivity index (χ1n) is 7.03. The number of carbonyl (C=O) groups is 2. The summed E-state index contributed by atoms with van der Waals surface area (Å²) in [4.78, 5) is 38.3. The predicted molar refractivity (Wildman–Crippen MR) is 89.8 cm³/mol. The number of nitrogens with two attached hydrogens (primary N) is 1. The highest BCUT2D eigenvalue weighted by atomic mass is 16.5. The second-order valence-corrected chi connectivity index (χ2v) is 5.08. The van der Waals surface area contributed by atoms with Crippen LogP contribution in [0.15, 0.2) is 38.5 Å². The molecule has 0 aliphatic heterocycles. The van der Waals surface area contributed by atoms with Gasteiger partial charge in [0, 0.05) is 5.69 Å². The van der Waals surface area contributed by atoms with E-state index in [1.54, 1.807) is 12.1 Å². The molecule has 2 rings (SSSR count). The Morgan fingerprint density at radius 2 is 1.72 bits per heavy atom. The van der Waals surface area contributed by atoms with Gasteiger partial charge in [-0.15, -0.1) is 0 Å². The molecule has 0 aliphatic rings. The van der Waals surface area contributed by atoms with Crippen molar-refractivity contribution in [1.82, 2.24) is 0 Å². The highest BCUT2D eigenvalue weighted by Crippen LogP contribution is 2.29. The molecular weight excluding hydrogens is 330 g/mol. The van der Waals surface area contributed by atoms with Crippen molar-refractivity contribution in [2.75, 3.05) is 5.32 Å². The fourth-order valence-electron chi connectivity index (χ4n) is 2.16. The summed E-state index contributed by atoms with van der Waals surface area (Å²) < 4.78 is 4.58. The van der Waals surface area contributed by atoms with Crippen LogP contribution in [-0.2, 0) is 0 Å². The van der Waals surface area contributed by atoms with E-state index in [1.165, 1.54) is 19.1 Å². The van der Waals surface area contributed by atoms with Gasteiger partial charge in [-0.1, -0.05) is 0 Å². The fourth-order valence-corrected chi connectivity index (χ4v) is 2.16. The monoisotopic (exact) mass is 345 g/mol. The molecular formula is C16H15N3O6. The smallest absolute Gasteiger partial charge is 0.351 e. The number of Topliss-reactive ketones (excluding diaryl/α,β-unsaturated/α-hetero) is 1. The summed E-state index contributed by atoms with van der Waals surface area (Å²) in [5.41, 5.74) is 4.08. The van der Waals surface area contributed by atoms with Crippen LogP contribution in [-0.4, -0.2) is 27.7 Å². The lowest BCUT2D eigenvalue weighted by Crippen LogP contribution is -2.19. The maximum absolute atomic E-state index is 11.9. The van der Waals surface area contributed by atoms with Crippen molar-refractivity contribution in [3.8, 4) is 11.7 Å². The second kappa shape index (κ2) is 6.87. The SMILES string of the molecule is CC(=O)c1c(O)oc(=O)c(C(C)=Nc2ccc(NC(N)=O)cc2)c1O. The summed E-state index contributed by atoms with van der Waals surface area (Å²) in [6, 6.07) is 5.45. The van der Waals surface area contributed by atoms with Gasteiger partial charge in [-0.25, -0.2) is 9.59 Å². The molecule has 2 amide bonds. The van der Waals surface area contributed by atoms with Crippen molar-refractivity contribution in [1.29, 1.82) is 0 Å². The molecule has 0 fully saturated rings. The number of carbonyl (C=O) groups excluding carboxylic acids is 2. The van der Waals surface area contributed by atoms with Crippen molar-refractivity contribution in [3.05, 3.63) is 45.8 Å². The average Bonchev–Trinajstić information content (AvgIpc) is 2.47. The second-order valence-electron chi connectivity index (χ2n) is 5.08. The number of primary amides is 1. The molecule has 0 aliphatic carbocycles. The van der Waals surface area contributed by atoms with Crippen molar-refractivity contribution in [2.45, 2.75) is 13.8 Å². The number of amides is 2. The van der Waals surface area contributed by atoms with Gasteiger partial charge in [-0.05, 0) is 38.1 Å². The third kappa shape index (κ3) is 3.83. The summed E-state index contributed by atoms with van der Waals surface area (Å²) in [6.45, 7) is 2.54. The molecule has 25 heavy (non-hydrogen) atoms. The molecule has 9 heteroatoms. The number of aromatic hydroxyl groups is 2. The Balaban J connectivity index is 2.47. The number of urea groups is 1. The van der Waals surface area contributed by atoms with Crippen LogP contribution >= 0.6 is 0 Å². The molecule has 0 saturated heterocycles. The Hall–Kier alpha value is -3.62. The lowest BCUT2D eigenvalue weighted by Gasteiger charge is -2.07.